The van der Waals surface area contributed by atoms with Gasteiger partial charge in [0.25, 0.3) is 0 Å². The van der Waals surface area contributed by atoms with Gasteiger partial charge in [-0.05, 0) is 21.0 Å². The van der Waals surface area contributed by atoms with Crippen molar-refractivity contribution in [2.24, 2.45) is 0 Å². The van der Waals surface area contributed by atoms with E-state index in [0.717, 1.165) is 19.6 Å². The number of nitrogens with one attached hydrogen (secondary N) is 2. The second-order valence-corrected chi connectivity index (χ2v) is 3.47. The molecule has 2 unspecified atom stereocenters. The van der Waals surface area contributed by atoms with E-state index in [2.05, 4.69) is 36.6 Å². The van der Waals surface area contributed by atoms with Crippen LogP contribution in [0.15, 0.2) is 0 Å². The van der Waals surface area contributed by atoms with Gasteiger partial charge in [-0.1, -0.05) is 0 Å². The SMILES string of the molecule is CC(C1CNCCN1)N(C)C. The molecule has 0 aromatic carbocycles. The Morgan fingerprint density at radius 3 is 2.55 bits per heavy atom. The van der Waals surface area contributed by atoms with Gasteiger partial charge >= 0.3 is 0 Å². The fourth-order valence-electron chi connectivity index (χ4n) is 1.38. The monoisotopic (exact) mass is 157 g/mol. The van der Waals surface area contributed by atoms with Gasteiger partial charge in [0.1, 0.15) is 0 Å². The van der Waals surface area contributed by atoms with Gasteiger partial charge in [-0.25, -0.2) is 0 Å². The van der Waals surface area contributed by atoms with Crippen LogP contribution < -0.4 is 10.6 Å². The highest BCUT2D eigenvalue weighted by Crippen LogP contribution is 2.00. The summed E-state index contributed by atoms with van der Waals surface area (Å²) in [6.45, 7) is 5.56. The Labute approximate surface area is 69.1 Å². The summed E-state index contributed by atoms with van der Waals surface area (Å²) < 4.78 is 0. The van der Waals surface area contributed by atoms with E-state index in [-0.39, 0.29) is 0 Å². The van der Waals surface area contributed by atoms with Crippen LogP contribution in [0.25, 0.3) is 0 Å². The van der Waals surface area contributed by atoms with Crippen LogP contribution >= 0.6 is 0 Å². The minimum atomic E-state index is 0.610. The maximum absolute atomic E-state index is 3.50. The molecule has 1 aliphatic rings. The molecule has 1 rings (SSSR count). The van der Waals surface area contributed by atoms with Gasteiger partial charge in [0.2, 0.25) is 0 Å². The lowest BCUT2D eigenvalue weighted by molar-refractivity contribution is 0.227. The molecule has 1 aliphatic heterocycles. The Hall–Kier alpha value is -0.120. The van der Waals surface area contributed by atoms with Crippen LogP contribution in [0.3, 0.4) is 0 Å². The number of piperazine rings is 1. The molecule has 66 valence electrons. The van der Waals surface area contributed by atoms with Gasteiger partial charge in [0.05, 0.1) is 0 Å². The predicted molar refractivity (Wildman–Crippen MR) is 47.8 cm³/mol. The van der Waals surface area contributed by atoms with Crippen molar-refractivity contribution in [3.63, 3.8) is 0 Å². The number of likely N-dealkylation sites (N-methyl/N-ethyl adjacent to an activating group) is 1. The standard InChI is InChI=1S/C8H19N3/c1-7(11(2)3)8-6-9-4-5-10-8/h7-10H,4-6H2,1-3H3. The number of hydrogen-bond donors (Lipinski definition) is 2. The molecule has 0 radical (unpaired) electrons. The summed E-state index contributed by atoms with van der Waals surface area (Å²) in [5.41, 5.74) is 0. The van der Waals surface area contributed by atoms with Crippen molar-refractivity contribution < 1.29 is 0 Å². The first-order chi connectivity index (χ1) is 5.22. The minimum Gasteiger partial charge on any atom is -0.314 e. The van der Waals surface area contributed by atoms with Crippen LogP contribution in [-0.2, 0) is 0 Å². The molecule has 1 saturated heterocycles. The topological polar surface area (TPSA) is 27.3 Å². The molecule has 0 bridgehead atoms. The zero-order valence-corrected chi connectivity index (χ0v) is 7.72. The fraction of sp³-hybridized carbons (Fsp3) is 1.00. The molecule has 0 aromatic heterocycles. The number of rotatable bonds is 2. The maximum atomic E-state index is 3.50. The predicted octanol–water partition coefficient (Wildman–Crippen LogP) is -0.502. The summed E-state index contributed by atoms with van der Waals surface area (Å²) >= 11 is 0. The van der Waals surface area contributed by atoms with Gasteiger partial charge < -0.3 is 15.5 Å². The zero-order valence-electron chi connectivity index (χ0n) is 7.72. The Morgan fingerprint density at radius 2 is 2.09 bits per heavy atom. The molecule has 2 N–H and O–H groups in total. The molecule has 1 heterocycles. The van der Waals surface area contributed by atoms with Crippen molar-refractivity contribution in [1.82, 2.24) is 15.5 Å². The zero-order chi connectivity index (χ0) is 8.27. The summed E-state index contributed by atoms with van der Waals surface area (Å²) in [7, 11) is 4.25. The van der Waals surface area contributed by atoms with Crippen LogP contribution in [0, 0.1) is 0 Å². The van der Waals surface area contributed by atoms with E-state index < -0.39 is 0 Å². The van der Waals surface area contributed by atoms with Crippen molar-refractivity contribution in [3.8, 4) is 0 Å². The van der Waals surface area contributed by atoms with E-state index >= 15 is 0 Å². The Balaban J connectivity index is 2.32. The molecule has 3 heteroatoms. The van der Waals surface area contributed by atoms with Gasteiger partial charge in [0, 0.05) is 31.7 Å². The maximum Gasteiger partial charge on any atom is 0.0346 e. The Kier molecular flexibility index (Phi) is 3.30. The highest BCUT2D eigenvalue weighted by Gasteiger charge is 2.19. The van der Waals surface area contributed by atoms with Crippen LogP contribution in [0.5, 0.6) is 0 Å². The van der Waals surface area contributed by atoms with Crippen molar-refractivity contribution in [2.45, 2.75) is 19.0 Å². The third-order valence-electron chi connectivity index (χ3n) is 2.47. The fourth-order valence-corrected chi connectivity index (χ4v) is 1.38. The molecule has 2 atom stereocenters. The normalized spacial score (nSPS) is 28.9. The van der Waals surface area contributed by atoms with Crippen LogP contribution in [0.4, 0.5) is 0 Å². The van der Waals surface area contributed by atoms with E-state index in [4.69, 9.17) is 0 Å². The third-order valence-corrected chi connectivity index (χ3v) is 2.47. The van der Waals surface area contributed by atoms with E-state index in [9.17, 15) is 0 Å². The molecule has 0 aromatic rings. The number of hydrogen-bond acceptors (Lipinski definition) is 3. The lowest BCUT2D eigenvalue weighted by Crippen LogP contribution is -2.56. The smallest absolute Gasteiger partial charge is 0.0346 e. The van der Waals surface area contributed by atoms with Crippen LogP contribution in [0.1, 0.15) is 6.92 Å². The Morgan fingerprint density at radius 1 is 1.36 bits per heavy atom. The van der Waals surface area contributed by atoms with Crippen molar-refractivity contribution in [2.75, 3.05) is 33.7 Å². The second-order valence-electron chi connectivity index (χ2n) is 3.47. The van der Waals surface area contributed by atoms with E-state index in [1.165, 1.54) is 0 Å². The molecular formula is C8H19N3. The van der Waals surface area contributed by atoms with E-state index in [1.807, 2.05) is 0 Å². The van der Waals surface area contributed by atoms with Gasteiger partial charge in [-0.15, -0.1) is 0 Å². The summed E-state index contributed by atoms with van der Waals surface area (Å²) in [6.07, 6.45) is 0. The molecule has 0 amide bonds. The summed E-state index contributed by atoms with van der Waals surface area (Å²) in [4.78, 5) is 2.25. The average molecular weight is 157 g/mol. The Bertz CT molecular complexity index is 108. The molecule has 1 fully saturated rings. The first-order valence-corrected chi connectivity index (χ1v) is 4.32. The van der Waals surface area contributed by atoms with Gasteiger partial charge in [-0.3, -0.25) is 0 Å². The summed E-state index contributed by atoms with van der Waals surface area (Å²) in [5.74, 6) is 0. The van der Waals surface area contributed by atoms with E-state index in [1.54, 1.807) is 0 Å². The summed E-state index contributed by atoms with van der Waals surface area (Å²) in [6, 6.07) is 1.22. The molecule has 0 aliphatic carbocycles. The van der Waals surface area contributed by atoms with Crippen molar-refractivity contribution in [1.29, 1.82) is 0 Å². The van der Waals surface area contributed by atoms with Gasteiger partial charge in [-0.2, -0.15) is 0 Å². The first-order valence-electron chi connectivity index (χ1n) is 4.32. The van der Waals surface area contributed by atoms with E-state index in [0.29, 0.717) is 12.1 Å². The molecular weight excluding hydrogens is 138 g/mol. The quantitative estimate of drug-likeness (QED) is 0.566. The largest absolute Gasteiger partial charge is 0.314 e. The average Bonchev–Trinajstić information content (AvgIpc) is 2.05. The molecule has 3 nitrogen and oxygen atoms in total. The van der Waals surface area contributed by atoms with Crippen LogP contribution in [0.2, 0.25) is 0 Å². The lowest BCUT2D eigenvalue weighted by atomic mass is 10.1. The molecule has 0 saturated carbocycles. The second kappa shape index (κ2) is 4.04. The highest BCUT2D eigenvalue weighted by atomic mass is 15.2. The molecule has 11 heavy (non-hydrogen) atoms. The highest BCUT2D eigenvalue weighted by molar-refractivity contribution is 4.83. The first kappa shape index (κ1) is 8.97. The lowest BCUT2D eigenvalue weighted by Gasteiger charge is -2.33. The summed E-state index contributed by atoms with van der Waals surface area (Å²) in [5, 5.41) is 6.88. The van der Waals surface area contributed by atoms with Crippen LogP contribution in [-0.4, -0.2) is 50.7 Å². The van der Waals surface area contributed by atoms with Crippen molar-refractivity contribution >= 4 is 0 Å². The minimum absolute atomic E-state index is 0.610. The van der Waals surface area contributed by atoms with Gasteiger partial charge in [0.15, 0.2) is 0 Å². The van der Waals surface area contributed by atoms with Crippen molar-refractivity contribution in [3.05, 3.63) is 0 Å². The third kappa shape index (κ3) is 2.43. The number of nitrogens with zero attached hydrogens (tertiary/aromatic N) is 1. The molecule has 0 spiro atoms.